The Morgan fingerprint density at radius 3 is 2.16 bits per heavy atom. The molecule has 0 aliphatic carbocycles. The van der Waals surface area contributed by atoms with Crippen molar-refractivity contribution in [2.75, 3.05) is 0 Å². The molecule has 0 fully saturated rings. The lowest BCUT2D eigenvalue weighted by Gasteiger charge is -2.13. The van der Waals surface area contributed by atoms with Gasteiger partial charge >= 0.3 is 0 Å². The summed E-state index contributed by atoms with van der Waals surface area (Å²) >= 11 is 1.77. The Kier molecular flexibility index (Phi) is 5.83. The van der Waals surface area contributed by atoms with Crippen molar-refractivity contribution in [1.29, 1.82) is 5.26 Å². The minimum atomic E-state index is 0.484. The Morgan fingerprint density at radius 1 is 0.549 bits per heavy atom. The number of hydrogen-bond acceptors (Lipinski definition) is 5. The third-order valence-electron chi connectivity index (χ3n) is 9.98. The molecule has 0 spiro atoms. The second kappa shape index (κ2) is 10.6. The largest absolute Gasteiger partial charge is 0.436 e. The summed E-state index contributed by atoms with van der Waals surface area (Å²) in [5, 5.41) is 18.5. The van der Waals surface area contributed by atoms with Crippen LogP contribution in [0.4, 0.5) is 0 Å². The molecule has 11 aromatic rings. The predicted molar refractivity (Wildman–Crippen MR) is 210 cm³/mol. The highest BCUT2D eigenvalue weighted by atomic mass is 32.1. The molecule has 0 radical (unpaired) electrons. The monoisotopic (exact) mass is 668 g/mol. The Bertz CT molecular complexity index is 3290. The molecule has 0 saturated heterocycles. The summed E-state index contributed by atoms with van der Waals surface area (Å²) in [5.41, 5.74) is 8.63. The van der Waals surface area contributed by atoms with Crippen LogP contribution in [0.1, 0.15) is 5.56 Å². The van der Waals surface area contributed by atoms with Crippen LogP contribution in [0.25, 0.3) is 103 Å². The van der Waals surface area contributed by atoms with Crippen molar-refractivity contribution in [2.24, 2.45) is 0 Å². The summed E-state index contributed by atoms with van der Waals surface area (Å²) in [7, 11) is 0. The second-order valence-electron chi connectivity index (χ2n) is 12.9. The fourth-order valence-corrected chi connectivity index (χ4v) is 8.82. The predicted octanol–water partition coefficient (Wildman–Crippen LogP) is 12.2. The summed E-state index contributed by atoms with van der Waals surface area (Å²) in [6.45, 7) is 0. The highest BCUT2D eigenvalue weighted by molar-refractivity contribution is 7.25. The van der Waals surface area contributed by atoms with Crippen LogP contribution in [0.2, 0.25) is 0 Å². The van der Waals surface area contributed by atoms with E-state index in [4.69, 9.17) is 14.4 Å². The van der Waals surface area contributed by atoms with Gasteiger partial charge in [0.2, 0.25) is 5.71 Å². The van der Waals surface area contributed by atoms with E-state index in [2.05, 4.69) is 120 Å². The molecule has 5 nitrogen and oxygen atoms in total. The van der Waals surface area contributed by atoms with Crippen LogP contribution in [0.5, 0.6) is 0 Å². The van der Waals surface area contributed by atoms with Crippen molar-refractivity contribution in [3.8, 4) is 34.3 Å². The summed E-state index contributed by atoms with van der Waals surface area (Å²) in [5.74, 6) is 0. The third-order valence-corrected chi connectivity index (χ3v) is 11.1. The number of para-hydroxylation sites is 2. The Labute approximate surface area is 294 Å². The van der Waals surface area contributed by atoms with E-state index in [-0.39, 0.29) is 0 Å². The van der Waals surface area contributed by atoms with Crippen LogP contribution in [0, 0.1) is 11.3 Å². The normalized spacial score (nSPS) is 11.9. The molecule has 6 heteroatoms. The van der Waals surface area contributed by atoms with E-state index >= 15 is 0 Å². The van der Waals surface area contributed by atoms with E-state index in [0.717, 1.165) is 55.0 Å². The molecule has 0 N–H and O–H groups in total. The first-order chi connectivity index (χ1) is 25.2. The fourth-order valence-electron chi connectivity index (χ4n) is 7.67. The smallest absolute Gasteiger partial charge is 0.246 e. The van der Waals surface area contributed by atoms with E-state index in [1.807, 2.05) is 36.4 Å². The number of hydrogen-bond donors (Lipinski definition) is 0. The minimum absolute atomic E-state index is 0.484. The molecule has 4 heterocycles. The van der Waals surface area contributed by atoms with Crippen LogP contribution < -0.4 is 0 Å². The van der Waals surface area contributed by atoms with E-state index < -0.39 is 0 Å². The van der Waals surface area contributed by atoms with Crippen LogP contribution in [0.3, 0.4) is 0 Å². The molecule has 11 rings (SSSR count). The van der Waals surface area contributed by atoms with Gasteiger partial charge in [0.15, 0.2) is 0 Å². The quantitative estimate of drug-likeness (QED) is 0.188. The average Bonchev–Trinajstić information content (AvgIpc) is 3.85. The van der Waals surface area contributed by atoms with Gasteiger partial charge in [-0.3, -0.25) is 0 Å². The van der Waals surface area contributed by atoms with Gasteiger partial charge in [0.05, 0.1) is 28.4 Å². The van der Waals surface area contributed by atoms with Crippen molar-refractivity contribution in [3.63, 3.8) is 0 Å². The van der Waals surface area contributed by atoms with Gasteiger partial charge in [0.25, 0.3) is 0 Å². The zero-order chi connectivity index (χ0) is 33.6. The second-order valence-corrected chi connectivity index (χ2v) is 14.0. The number of nitrogens with zero attached hydrogens (tertiary/aromatic N) is 4. The molecule has 0 aliphatic heterocycles. The van der Waals surface area contributed by atoms with Crippen LogP contribution in [0.15, 0.2) is 150 Å². The first-order valence-corrected chi connectivity index (χ1v) is 17.6. The van der Waals surface area contributed by atoms with Crippen LogP contribution in [-0.4, -0.2) is 14.5 Å². The molecular weight excluding hydrogens is 645 g/mol. The highest BCUT2D eigenvalue weighted by Gasteiger charge is 2.21. The maximum atomic E-state index is 10.4. The first-order valence-electron chi connectivity index (χ1n) is 16.8. The summed E-state index contributed by atoms with van der Waals surface area (Å²) < 4.78 is 11.0. The lowest BCUT2D eigenvalue weighted by molar-refractivity contribution is 0.653. The van der Waals surface area contributed by atoms with E-state index in [9.17, 15) is 5.26 Å². The molecule has 236 valence electrons. The number of furan rings is 1. The summed E-state index contributed by atoms with van der Waals surface area (Å²) in [4.78, 5) is 10.5. The van der Waals surface area contributed by atoms with E-state index in [1.54, 1.807) is 11.3 Å². The van der Waals surface area contributed by atoms with Crippen molar-refractivity contribution >= 4 is 86.3 Å². The molecule has 0 aliphatic rings. The van der Waals surface area contributed by atoms with Gasteiger partial charge in [-0.25, -0.2) is 9.97 Å². The lowest BCUT2D eigenvalue weighted by atomic mass is 10.00. The average molecular weight is 669 g/mol. The van der Waals surface area contributed by atoms with Gasteiger partial charge in [0.1, 0.15) is 16.8 Å². The molecule has 4 aromatic heterocycles. The van der Waals surface area contributed by atoms with Gasteiger partial charge in [-0.1, -0.05) is 84.9 Å². The van der Waals surface area contributed by atoms with E-state index in [0.29, 0.717) is 28.2 Å². The Balaban J connectivity index is 1.21. The lowest BCUT2D eigenvalue weighted by Crippen LogP contribution is -1.99. The number of aromatic nitrogens is 3. The van der Waals surface area contributed by atoms with Gasteiger partial charge in [-0.15, -0.1) is 11.3 Å². The van der Waals surface area contributed by atoms with Crippen molar-refractivity contribution < 1.29 is 4.42 Å². The molecule has 0 amide bonds. The third kappa shape index (κ3) is 4.19. The van der Waals surface area contributed by atoms with Gasteiger partial charge in [-0.2, -0.15) is 5.26 Å². The van der Waals surface area contributed by atoms with Crippen LogP contribution in [-0.2, 0) is 0 Å². The zero-order valence-corrected chi connectivity index (χ0v) is 27.8. The molecular formula is C45H24N4OS. The van der Waals surface area contributed by atoms with Gasteiger partial charge in [0, 0.05) is 53.1 Å². The number of benzene rings is 7. The summed E-state index contributed by atoms with van der Waals surface area (Å²) in [6, 6.07) is 52.8. The summed E-state index contributed by atoms with van der Waals surface area (Å²) in [6.07, 6.45) is 0. The molecule has 0 unspecified atom stereocenters. The van der Waals surface area contributed by atoms with Crippen LogP contribution >= 0.6 is 11.3 Å². The number of thiophene rings is 1. The van der Waals surface area contributed by atoms with Gasteiger partial charge < -0.3 is 8.98 Å². The molecule has 0 atom stereocenters. The van der Waals surface area contributed by atoms with Crippen molar-refractivity contribution in [3.05, 3.63) is 151 Å². The fraction of sp³-hybridized carbons (Fsp3) is 0. The molecule has 0 bridgehead atoms. The zero-order valence-electron chi connectivity index (χ0n) is 27.0. The maximum absolute atomic E-state index is 10.4. The Morgan fingerprint density at radius 2 is 1.27 bits per heavy atom. The molecule has 51 heavy (non-hydrogen) atoms. The molecule has 0 saturated carbocycles. The maximum Gasteiger partial charge on any atom is 0.246 e. The number of rotatable bonds is 3. The topological polar surface area (TPSA) is 67.6 Å². The number of nitriles is 1. The van der Waals surface area contributed by atoms with Crippen molar-refractivity contribution in [1.82, 2.24) is 14.5 Å². The number of fused-ring (bicyclic) bond motifs is 10. The molecule has 7 aromatic carbocycles. The Hall–Kier alpha value is -6.81. The van der Waals surface area contributed by atoms with Gasteiger partial charge in [-0.05, 0) is 71.4 Å². The SMILES string of the molecule is N#Cc1cc(-c2nc3c(nc2-c2ccc4c(c2)sc2ccccc24)oc2ccccc23)cc(-n2c3ccccc3c3cc4ccccc4cc32)c1. The minimum Gasteiger partial charge on any atom is -0.436 e. The van der Waals surface area contributed by atoms with Crippen molar-refractivity contribution in [2.45, 2.75) is 0 Å². The van der Waals surface area contributed by atoms with E-state index in [1.165, 1.54) is 25.6 Å². The standard InChI is InChI=1S/C45H24N4OS/c46-25-26-19-30(21-31(20-26)49-37-14-6-3-11-32(37)36-22-27-9-1-2-10-28(27)23-38(36)49)43-42(48-45-44(47-43)35-13-4-7-15-39(35)50-45)29-17-18-34-33-12-5-8-16-40(33)51-41(34)24-29/h1-24H. The highest BCUT2D eigenvalue weighted by Crippen LogP contribution is 2.41. The first kappa shape index (κ1) is 28.1.